The number of halogens is 1. The van der Waals surface area contributed by atoms with Crippen LogP contribution in [0.4, 0.5) is 11.4 Å². The number of carbonyl (C=O) groups excluding carboxylic acids is 1. The van der Waals surface area contributed by atoms with Crippen LogP contribution < -0.4 is 10.1 Å². The van der Waals surface area contributed by atoms with Crippen LogP contribution in [0.2, 0.25) is 0 Å². The molecular weight excluding hydrogens is 464 g/mol. The van der Waals surface area contributed by atoms with E-state index in [0.29, 0.717) is 18.0 Å². The quantitative estimate of drug-likeness (QED) is 0.345. The van der Waals surface area contributed by atoms with E-state index in [2.05, 4.69) is 26.3 Å². The van der Waals surface area contributed by atoms with Crippen LogP contribution in [-0.2, 0) is 11.3 Å². The molecular formula is C22H23BrN4O4. The van der Waals surface area contributed by atoms with Crippen molar-refractivity contribution in [2.24, 2.45) is 0 Å². The summed E-state index contributed by atoms with van der Waals surface area (Å²) in [6, 6.07) is 9.91. The Morgan fingerprint density at radius 3 is 2.32 bits per heavy atom. The van der Waals surface area contributed by atoms with Crippen LogP contribution in [0.5, 0.6) is 11.5 Å². The van der Waals surface area contributed by atoms with E-state index in [0.717, 1.165) is 27.0 Å². The number of hydrogen-bond acceptors (Lipinski definition) is 5. The highest BCUT2D eigenvalue weighted by Crippen LogP contribution is 2.31. The third-order valence-corrected chi connectivity index (χ3v) is 5.81. The molecule has 0 aliphatic rings. The van der Waals surface area contributed by atoms with Gasteiger partial charge in [0.2, 0.25) is 5.91 Å². The lowest BCUT2D eigenvalue weighted by molar-refractivity contribution is -0.384. The Morgan fingerprint density at radius 2 is 1.74 bits per heavy atom. The number of hydrogen-bond donors (Lipinski definition) is 1. The zero-order valence-electron chi connectivity index (χ0n) is 17.7. The molecule has 1 N–H and O–H groups in total. The average molecular weight is 487 g/mol. The maximum atomic E-state index is 12.5. The number of nitrogens with zero attached hydrogens (tertiary/aromatic N) is 3. The van der Waals surface area contributed by atoms with Crippen molar-refractivity contribution in [3.63, 3.8) is 0 Å². The van der Waals surface area contributed by atoms with Gasteiger partial charge in [0.25, 0.3) is 5.69 Å². The number of benzene rings is 2. The summed E-state index contributed by atoms with van der Waals surface area (Å²) in [5.74, 6) is 0.573. The molecule has 1 aromatic heterocycles. The molecule has 1 heterocycles. The molecule has 3 rings (SSSR count). The van der Waals surface area contributed by atoms with E-state index in [1.165, 1.54) is 12.1 Å². The molecule has 0 aliphatic heterocycles. The van der Waals surface area contributed by atoms with Gasteiger partial charge in [0, 0.05) is 24.2 Å². The van der Waals surface area contributed by atoms with E-state index in [-0.39, 0.29) is 23.8 Å². The second kappa shape index (κ2) is 9.30. The Bertz CT molecular complexity index is 1140. The van der Waals surface area contributed by atoms with E-state index in [9.17, 15) is 14.9 Å². The molecule has 31 heavy (non-hydrogen) atoms. The van der Waals surface area contributed by atoms with E-state index >= 15 is 0 Å². The molecule has 0 fully saturated rings. The summed E-state index contributed by atoms with van der Waals surface area (Å²) in [6.07, 6.45) is 0.171. The first kappa shape index (κ1) is 22.5. The summed E-state index contributed by atoms with van der Waals surface area (Å²) in [5, 5.41) is 18.5. The predicted molar refractivity (Wildman–Crippen MR) is 122 cm³/mol. The second-order valence-electron chi connectivity index (χ2n) is 7.40. The Kier molecular flexibility index (Phi) is 6.74. The SMILES string of the molecule is Cc1cc(C)cc(Oc2cc(NC(=O)CCn3nc(C)c(Br)c3C)cc([N+](=O)[O-])c2)c1. The zero-order chi connectivity index (χ0) is 22.7. The van der Waals surface area contributed by atoms with Gasteiger partial charge in [0.05, 0.1) is 33.4 Å². The zero-order valence-corrected chi connectivity index (χ0v) is 19.3. The maximum Gasteiger partial charge on any atom is 0.275 e. The number of nitro groups is 1. The largest absolute Gasteiger partial charge is 0.457 e. The van der Waals surface area contributed by atoms with Crippen molar-refractivity contribution in [2.75, 3.05) is 5.32 Å². The van der Waals surface area contributed by atoms with Gasteiger partial charge in [-0.1, -0.05) is 6.07 Å². The number of carbonyl (C=O) groups is 1. The third kappa shape index (κ3) is 5.69. The van der Waals surface area contributed by atoms with Crippen molar-refractivity contribution >= 4 is 33.2 Å². The first-order valence-corrected chi connectivity index (χ1v) is 10.5. The van der Waals surface area contributed by atoms with Crippen molar-refractivity contribution < 1.29 is 14.5 Å². The number of aryl methyl sites for hydroxylation is 4. The van der Waals surface area contributed by atoms with Gasteiger partial charge >= 0.3 is 0 Å². The molecule has 0 bridgehead atoms. The van der Waals surface area contributed by atoms with Gasteiger partial charge in [-0.3, -0.25) is 19.6 Å². The van der Waals surface area contributed by atoms with Crippen molar-refractivity contribution in [3.8, 4) is 11.5 Å². The molecule has 0 spiro atoms. The maximum absolute atomic E-state index is 12.5. The fourth-order valence-electron chi connectivity index (χ4n) is 3.27. The van der Waals surface area contributed by atoms with Crippen LogP contribution in [-0.4, -0.2) is 20.6 Å². The number of aromatic nitrogens is 2. The molecule has 162 valence electrons. The number of anilines is 1. The van der Waals surface area contributed by atoms with Crippen molar-refractivity contribution in [2.45, 2.75) is 40.7 Å². The molecule has 8 nitrogen and oxygen atoms in total. The fraction of sp³-hybridized carbons (Fsp3) is 0.273. The van der Waals surface area contributed by atoms with Crippen molar-refractivity contribution in [1.82, 2.24) is 9.78 Å². The van der Waals surface area contributed by atoms with E-state index in [1.54, 1.807) is 10.7 Å². The first-order chi connectivity index (χ1) is 14.6. The minimum atomic E-state index is -0.516. The monoisotopic (exact) mass is 486 g/mol. The van der Waals surface area contributed by atoms with Gasteiger partial charge in [-0.25, -0.2) is 0 Å². The van der Waals surface area contributed by atoms with E-state index < -0.39 is 4.92 Å². The van der Waals surface area contributed by atoms with Gasteiger partial charge in [-0.15, -0.1) is 0 Å². The van der Waals surface area contributed by atoms with Crippen LogP contribution >= 0.6 is 15.9 Å². The highest BCUT2D eigenvalue weighted by molar-refractivity contribution is 9.10. The lowest BCUT2D eigenvalue weighted by atomic mass is 10.1. The summed E-state index contributed by atoms with van der Waals surface area (Å²) in [5.41, 5.74) is 3.96. The lowest BCUT2D eigenvalue weighted by Crippen LogP contribution is -2.15. The van der Waals surface area contributed by atoms with Gasteiger partial charge in [-0.2, -0.15) is 5.10 Å². The van der Waals surface area contributed by atoms with Gasteiger partial charge in [-0.05, 0) is 66.9 Å². The fourth-order valence-corrected chi connectivity index (χ4v) is 3.56. The van der Waals surface area contributed by atoms with Crippen LogP contribution in [0, 0.1) is 37.8 Å². The molecule has 0 saturated heterocycles. The van der Waals surface area contributed by atoms with Crippen LogP contribution in [0.15, 0.2) is 40.9 Å². The number of nitrogens with one attached hydrogen (secondary N) is 1. The standard InChI is InChI=1S/C22H23BrN4O4/c1-13-7-14(2)9-19(8-13)31-20-11-17(10-18(12-20)27(29)30)24-21(28)5-6-26-16(4)22(23)15(3)25-26/h7-12H,5-6H2,1-4H3,(H,24,28). The van der Waals surface area contributed by atoms with Gasteiger partial charge < -0.3 is 10.1 Å². The highest BCUT2D eigenvalue weighted by Gasteiger charge is 2.15. The summed E-state index contributed by atoms with van der Waals surface area (Å²) in [4.78, 5) is 23.3. The van der Waals surface area contributed by atoms with Crippen molar-refractivity contribution in [1.29, 1.82) is 0 Å². The molecule has 0 saturated carbocycles. The molecule has 0 aliphatic carbocycles. The average Bonchev–Trinajstić information content (AvgIpc) is 2.92. The van der Waals surface area contributed by atoms with Crippen LogP contribution in [0.3, 0.4) is 0 Å². The Morgan fingerprint density at radius 1 is 1.10 bits per heavy atom. The van der Waals surface area contributed by atoms with Gasteiger partial charge in [0.15, 0.2) is 0 Å². The van der Waals surface area contributed by atoms with E-state index in [4.69, 9.17) is 4.74 Å². The normalized spacial score (nSPS) is 10.7. The lowest BCUT2D eigenvalue weighted by Gasteiger charge is -2.11. The Balaban J connectivity index is 1.75. The second-order valence-corrected chi connectivity index (χ2v) is 8.20. The number of nitro benzene ring substituents is 1. The van der Waals surface area contributed by atoms with E-state index in [1.807, 2.05) is 45.9 Å². The molecule has 1 amide bonds. The van der Waals surface area contributed by atoms with Gasteiger partial charge in [0.1, 0.15) is 11.5 Å². The molecule has 2 aromatic carbocycles. The van der Waals surface area contributed by atoms with Crippen LogP contribution in [0.1, 0.15) is 28.9 Å². The summed E-state index contributed by atoms with van der Waals surface area (Å²) in [7, 11) is 0. The number of rotatable bonds is 7. The van der Waals surface area contributed by atoms with Crippen molar-refractivity contribution in [3.05, 3.63) is 73.5 Å². The molecule has 0 atom stereocenters. The minimum Gasteiger partial charge on any atom is -0.457 e. The number of non-ortho nitro benzene ring substituents is 1. The summed E-state index contributed by atoms with van der Waals surface area (Å²) < 4.78 is 8.51. The Hall–Kier alpha value is -3.20. The Labute approximate surface area is 188 Å². The first-order valence-electron chi connectivity index (χ1n) is 9.67. The predicted octanol–water partition coefficient (Wildman–Crippen LogP) is 5.61. The van der Waals surface area contributed by atoms with Crippen LogP contribution in [0.25, 0.3) is 0 Å². The summed E-state index contributed by atoms with van der Waals surface area (Å²) in [6.45, 7) is 8.08. The molecule has 9 heteroatoms. The minimum absolute atomic E-state index is 0.167. The smallest absolute Gasteiger partial charge is 0.275 e. The third-order valence-electron chi connectivity index (χ3n) is 4.66. The topological polar surface area (TPSA) is 99.3 Å². The number of amides is 1. The highest BCUT2D eigenvalue weighted by atomic mass is 79.9. The number of ether oxygens (including phenoxy) is 1. The molecule has 0 radical (unpaired) electrons. The summed E-state index contributed by atoms with van der Waals surface area (Å²) >= 11 is 3.46. The molecule has 3 aromatic rings. The molecule has 0 unspecified atom stereocenters.